The average molecular weight is 510 g/mol. The lowest BCUT2D eigenvalue weighted by atomic mass is 10.1. The van der Waals surface area contributed by atoms with Gasteiger partial charge in [-0.3, -0.25) is 9.69 Å². The Kier molecular flexibility index (Phi) is 7.70. The first-order chi connectivity index (χ1) is 17.5. The molecule has 0 unspecified atom stereocenters. The molecule has 0 radical (unpaired) electrons. The van der Waals surface area contributed by atoms with Crippen molar-refractivity contribution < 1.29 is 18.7 Å². The predicted molar refractivity (Wildman–Crippen MR) is 137 cm³/mol. The van der Waals surface area contributed by atoms with Crippen LogP contribution in [-0.4, -0.2) is 42.8 Å². The first-order valence-corrected chi connectivity index (χ1v) is 12.5. The van der Waals surface area contributed by atoms with E-state index >= 15 is 0 Å². The van der Waals surface area contributed by atoms with Gasteiger partial charge in [-0.2, -0.15) is 0 Å². The number of amides is 1. The number of rotatable bonds is 9. The molecule has 0 saturated carbocycles. The molecule has 188 valence electrons. The normalized spacial score (nSPS) is 18.9. The maximum atomic E-state index is 13.3. The van der Waals surface area contributed by atoms with E-state index < -0.39 is 0 Å². The van der Waals surface area contributed by atoms with E-state index in [2.05, 4.69) is 15.5 Å². The van der Waals surface area contributed by atoms with Gasteiger partial charge in [-0.25, -0.2) is 4.39 Å². The van der Waals surface area contributed by atoms with Crippen LogP contribution in [0.15, 0.2) is 66.7 Å². The summed E-state index contributed by atoms with van der Waals surface area (Å²) in [7, 11) is 0. The van der Waals surface area contributed by atoms with E-state index in [9.17, 15) is 9.18 Å². The highest BCUT2D eigenvalue weighted by atomic mass is 35.5. The lowest BCUT2D eigenvalue weighted by Crippen LogP contribution is -2.43. The van der Waals surface area contributed by atoms with Crippen molar-refractivity contribution in [1.82, 2.24) is 15.5 Å². The van der Waals surface area contributed by atoms with Crippen LogP contribution in [0.1, 0.15) is 23.1 Å². The number of nitrogens with one attached hydrogen (secondary N) is 2. The maximum Gasteiger partial charge on any atom is 0.237 e. The van der Waals surface area contributed by atoms with Gasteiger partial charge in [0.1, 0.15) is 5.82 Å². The number of ether oxygens (including phenoxy) is 2. The minimum absolute atomic E-state index is 0.0175. The Balaban J connectivity index is 1.20. The van der Waals surface area contributed by atoms with Gasteiger partial charge in [-0.05, 0) is 65.9 Å². The number of benzene rings is 3. The van der Waals surface area contributed by atoms with Gasteiger partial charge < -0.3 is 20.1 Å². The summed E-state index contributed by atoms with van der Waals surface area (Å²) in [4.78, 5) is 15.5. The molecule has 2 heterocycles. The van der Waals surface area contributed by atoms with Crippen LogP contribution in [0.3, 0.4) is 0 Å². The number of carbonyl (C=O) groups excluding carboxylic acids is 1. The van der Waals surface area contributed by atoms with Crippen molar-refractivity contribution in [2.75, 3.05) is 19.9 Å². The first-order valence-electron chi connectivity index (χ1n) is 12.2. The molecule has 1 saturated heterocycles. The van der Waals surface area contributed by atoms with E-state index in [4.69, 9.17) is 21.1 Å². The molecular weight excluding hydrogens is 481 g/mol. The summed E-state index contributed by atoms with van der Waals surface area (Å²) in [5, 5.41) is 7.34. The van der Waals surface area contributed by atoms with E-state index in [0.717, 1.165) is 34.7 Å². The second-order valence-corrected chi connectivity index (χ2v) is 9.68. The molecule has 6 nitrogen and oxygen atoms in total. The SMILES string of the molecule is O=C(NCCc1ccc2c(c1)OCO2)[C@@H]1C[C@@H](NCc2ccc(F)cc2)CN1Cc1cccc(Cl)c1. The summed E-state index contributed by atoms with van der Waals surface area (Å²) >= 11 is 6.19. The summed E-state index contributed by atoms with van der Waals surface area (Å²) in [5.74, 6) is 1.27. The highest BCUT2D eigenvalue weighted by molar-refractivity contribution is 6.30. The summed E-state index contributed by atoms with van der Waals surface area (Å²) in [6.45, 7) is 2.77. The minimum Gasteiger partial charge on any atom is -0.454 e. The summed E-state index contributed by atoms with van der Waals surface area (Å²) in [5.41, 5.74) is 3.16. The number of likely N-dealkylation sites (tertiary alicyclic amines) is 1. The molecule has 3 aromatic rings. The Bertz CT molecular complexity index is 1210. The minimum atomic E-state index is -0.258. The molecule has 5 rings (SSSR count). The van der Waals surface area contributed by atoms with Gasteiger partial charge in [0.05, 0.1) is 6.04 Å². The van der Waals surface area contributed by atoms with E-state index in [1.165, 1.54) is 12.1 Å². The maximum absolute atomic E-state index is 13.3. The Morgan fingerprint density at radius 2 is 1.81 bits per heavy atom. The van der Waals surface area contributed by atoms with Crippen LogP contribution in [-0.2, 0) is 24.3 Å². The molecule has 2 aliphatic heterocycles. The Morgan fingerprint density at radius 1 is 1.00 bits per heavy atom. The topological polar surface area (TPSA) is 62.8 Å². The van der Waals surface area contributed by atoms with Crippen molar-refractivity contribution >= 4 is 17.5 Å². The van der Waals surface area contributed by atoms with Crippen molar-refractivity contribution in [3.05, 3.63) is 94.3 Å². The van der Waals surface area contributed by atoms with Crippen LogP contribution < -0.4 is 20.1 Å². The molecule has 8 heteroatoms. The molecule has 0 aliphatic carbocycles. The number of carbonyl (C=O) groups is 1. The fraction of sp³-hybridized carbons (Fsp3) is 0.321. The highest BCUT2D eigenvalue weighted by Crippen LogP contribution is 2.32. The monoisotopic (exact) mass is 509 g/mol. The van der Waals surface area contributed by atoms with Crippen LogP contribution >= 0.6 is 11.6 Å². The summed E-state index contributed by atoms with van der Waals surface area (Å²) < 4.78 is 24.0. The van der Waals surface area contributed by atoms with Gasteiger partial charge >= 0.3 is 0 Å². The molecule has 0 bridgehead atoms. The molecule has 2 aliphatic rings. The number of hydrogen-bond donors (Lipinski definition) is 2. The number of halogens is 2. The summed E-state index contributed by atoms with van der Waals surface area (Å²) in [6, 6.07) is 20.0. The molecule has 2 atom stereocenters. The molecular formula is C28H29ClFN3O3. The molecule has 0 aromatic heterocycles. The van der Waals surface area contributed by atoms with Crippen molar-refractivity contribution in [3.8, 4) is 11.5 Å². The Morgan fingerprint density at radius 3 is 2.64 bits per heavy atom. The summed E-state index contributed by atoms with van der Waals surface area (Å²) in [6.07, 6.45) is 1.40. The lowest BCUT2D eigenvalue weighted by Gasteiger charge is -2.23. The second-order valence-electron chi connectivity index (χ2n) is 9.24. The van der Waals surface area contributed by atoms with Gasteiger partial charge in [-0.15, -0.1) is 0 Å². The molecule has 2 N–H and O–H groups in total. The smallest absolute Gasteiger partial charge is 0.237 e. The number of nitrogens with zero attached hydrogens (tertiary/aromatic N) is 1. The van der Waals surface area contributed by atoms with Crippen LogP contribution in [0.4, 0.5) is 4.39 Å². The van der Waals surface area contributed by atoms with E-state index in [1.54, 1.807) is 12.1 Å². The third-order valence-electron chi connectivity index (χ3n) is 6.64. The largest absolute Gasteiger partial charge is 0.454 e. The van der Waals surface area contributed by atoms with Crippen LogP contribution in [0.5, 0.6) is 11.5 Å². The second kappa shape index (κ2) is 11.3. The van der Waals surface area contributed by atoms with E-state index in [-0.39, 0.29) is 30.6 Å². The van der Waals surface area contributed by atoms with Crippen molar-refractivity contribution in [2.24, 2.45) is 0 Å². The van der Waals surface area contributed by atoms with Crippen molar-refractivity contribution in [2.45, 2.75) is 38.0 Å². The number of fused-ring (bicyclic) bond motifs is 1. The lowest BCUT2D eigenvalue weighted by molar-refractivity contribution is -0.125. The van der Waals surface area contributed by atoms with Crippen LogP contribution in [0, 0.1) is 5.82 Å². The molecule has 3 aromatic carbocycles. The fourth-order valence-corrected chi connectivity index (χ4v) is 4.99. The van der Waals surface area contributed by atoms with Gasteiger partial charge in [0.2, 0.25) is 12.7 Å². The fourth-order valence-electron chi connectivity index (χ4n) is 4.78. The Hall–Kier alpha value is -3.13. The molecule has 36 heavy (non-hydrogen) atoms. The van der Waals surface area contributed by atoms with Crippen LogP contribution in [0.25, 0.3) is 0 Å². The third-order valence-corrected chi connectivity index (χ3v) is 6.87. The quantitative estimate of drug-likeness (QED) is 0.450. The molecule has 1 fully saturated rings. The van der Waals surface area contributed by atoms with Gasteiger partial charge in [0.15, 0.2) is 11.5 Å². The van der Waals surface area contributed by atoms with Crippen molar-refractivity contribution in [3.63, 3.8) is 0 Å². The molecule has 0 spiro atoms. The zero-order valence-electron chi connectivity index (χ0n) is 19.9. The predicted octanol–water partition coefficient (Wildman–Crippen LogP) is 4.30. The molecule has 1 amide bonds. The van der Waals surface area contributed by atoms with Gasteiger partial charge in [0, 0.05) is 37.2 Å². The highest BCUT2D eigenvalue weighted by Gasteiger charge is 2.36. The zero-order chi connectivity index (χ0) is 24.9. The third kappa shape index (κ3) is 6.16. The van der Waals surface area contributed by atoms with Gasteiger partial charge in [-0.1, -0.05) is 41.9 Å². The number of hydrogen-bond acceptors (Lipinski definition) is 5. The first kappa shape index (κ1) is 24.6. The average Bonchev–Trinajstić information content (AvgIpc) is 3.50. The van der Waals surface area contributed by atoms with Crippen LogP contribution in [0.2, 0.25) is 5.02 Å². The van der Waals surface area contributed by atoms with Gasteiger partial charge in [0.25, 0.3) is 0 Å². The van der Waals surface area contributed by atoms with E-state index in [0.29, 0.717) is 37.5 Å². The standard InChI is InChI=1S/C28H29ClFN3O3/c29-22-3-1-2-21(12-22)16-33-17-24(32-15-20-4-7-23(30)8-5-20)14-25(33)28(34)31-11-10-19-6-9-26-27(13-19)36-18-35-26/h1-9,12-13,24-25,32H,10-11,14-18H2,(H,31,34)/t24-,25+/m1/s1. The Labute approximate surface area is 215 Å². The zero-order valence-corrected chi connectivity index (χ0v) is 20.6. The van der Waals surface area contributed by atoms with E-state index in [1.807, 2.05) is 42.5 Å². The van der Waals surface area contributed by atoms with Crippen molar-refractivity contribution in [1.29, 1.82) is 0 Å².